The van der Waals surface area contributed by atoms with E-state index in [0.29, 0.717) is 9.95 Å². The Bertz CT molecular complexity index is 911. The van der Waals surface area contributed by atoms with E-state index >= 15 is 0 Å². The predicted octanol–water partition coefficient (Wildman–Crippen LogP) is 2.12. The molecule has 1 rings (SSSR count). The Morgan fingerprint density at radius 3 is 2.61 bits per heavy atom. The van der Waals surface area contributed by atoms with E-state index in [9.17, 15) is 29.2 Å². The summed E-state index contributed by atoms with van der Waals surface area (Å²) >= 11 is 9.18. The third-order valence-electron chi connectivity index (χ3n) is 5.46. The molecule has 10 nitrogen and oxygen atoms in total. The predicted molar refractivity (Wildman–Crippen MR) is 147 cm³/mol. The number of hydrogen-bond acceptors (Lipinski definition) is 10. The molecular weight excluding hydrogens is 545 g/mol. The van der Waals surface area contributed by atoms with Crippen LogP contribution >= 0.6 is 47.5 Å². The van der Waals surface area contributed by atoms with Gasteiger partial charge in [-0.05, 0) is 26.0 Å². The molecule has 0 aromatic rings. The van der Waals surface area contributed by atoms with Gasteiger partial charge in [-0.25, -0.2) is 4.79 Å². The van der Waals surface area contributed by atoms with Crippen LogP contribution in [0.15, 0.2) is 0 Å². The van der Waals surface area contributed by atoms with Gasteiger partial charge in [0, 0.05) is 45.2 Å². The largest absolute Gasteiger partial charge is 0.480 e. The number of imide groups is 1. The molecule has 200 valence electrons. The number of thioether (sulfide) groups is 3. The number of aliphatic carboxylic acids is 1. The fourth-order valence-corrected chi connectivity index (χ4v) is 7.08. The molecule has 1 heterocycles. The Hall–Kier alpha value is -1.82. The highest BCUT2D eigenvalue weighted by Gasteiger charge is 2.38. The van der Waals surface area contributed by atoms with Gasteiger partial charge >= 0.3 is 5.97 Å². The maximum atomic E-state index is 12.6. The second-order valence-electron chi connectivity index (χ2n) is 8.19. The molecule has 1 saturated heterocycles. The van der Waals surface area contributed by atoms with Crippen molar-refractivity contribution in [3.05, 3.63) is 0 Å². The zero-order chi connectivity index (χ0) is 27.5. The maximum absolute atomic E-state index is 12.6. The topological polar surface area (TPSA) is 148 Å². The number of hydrogen-bond donors (Lipinski definition) is 2. The number of thiocarbonyl (C=S) groups is 1. The van der Waals surface area contributed by atoms with Crippen molar-refractivity contribution < 1.29 is 29.1 Å². The molecule has 1 aliphatic heterocycles. The van der Waals surface area contributed by atoms with E-state index in [-0.39, 0.29) is 61.7 Å². The van der Waals surface area contributed by atoms with Crippen LogP contribution in [0.1, 0.15) is 46.5 Å². The Morgan fingerprint density at radius 2 is 2.03 bits per heavy atom. The van der Waals surface area contributed by atoms with Gasteiger partial charge in [-0.2, -0.15) is 5.26 Å². The summed E-state index contributed by atoms with van der Waals surface area (Å²) in [6, 6.07) is 1.26. The number of likely N-dealkylation sites (N-methyl/N-ethyl adjacent to an activating group) is 1. The van der Waals surface area contributed by atoms with E-state index in [2.05, 4.69) is 11.4 Å². The lowest BCUT2D eigenvalue weighted by Crippen LogP contribution is -2.40. The summed E-state index contributed by atoms with van der Waals surface area (Å²) < 4.78 is -0.157. The van der Waals surface area contributed by atoms with Crippen LogP contribution in [0.3, 0.4) is 0 Å². The first-order chi connectivity index (χ1) is 16.8. The molecule has 0 aromatic heterocycles. The average molecular weight is 577 g/mol. The molecule has 0 bridgehead atoms. The van der Waals surface area contributed by atoms with Crippen LogP contribution in [-0.2, 0) is 24.0 Å². The normalized spacial score (nSPS) is 17.8. The number of amides is 4. The van der Waals surface area contributed by atoms with Gasteiger partial charge in [0.15, 0.2) is 0 Å². The van der Waals surface area contributed by atoms with E-state index in [1.54, 1.807) is 6.92 Å². The average Bonchev–Trinajstić information content (AvgIpc) is 3.09. The summed E-state index contributed by atoms with van der Waals surface area (Å²) in [7, 11) is 1.41. The first kappa shape index (κ1) is 32.2. The number of nitriles is 1. The smallest absolute Gasteiger partial charge is 0.326 e. The lowest BCUT2D eigenvalue weighted by molar-refractivity contribution is -0.148. The molecule has 0 aliphatic carbocycles. The highest BCUT2D eigenvalue weighted by molar-refractivity contribution is 8.47. The first-order valence-electron chi connectivity index (χ1n) is 11.3. The van der Waals surface area contributed by atoms with E-state index in [1.807, 2.05) is 6.92 Å². The van der Waals surface area contributed by atoms with Gasteiger partial charge < -0.3 is 15.3 Å². The van der Waals surface area contributed by atoms with Crippen LogP contribution in [0.2, 0.25) is 0 Å². The maximum Gasteiger partial charge on any atom is 0.326 e. The van der Waals surface area contributed by atoms with Gasteiger partial charge in [-0.1, -0.05) is 30.9 Å². The zero-order valence-corrected chi connectivity index (χ0v) is 24.0. The fourth-order valence-electron chi connectivity index (χ4n) is 3.07. The monoisotopic (exact) mass is 576 g/mol. The second-order valence-corrected chi connectivity index (χ2v) is 13.5. The summed E-state index contributed by atoms with van der Waals surface area (Å²) in [5.41, 5.74) is 0. The molecule has 0 spiro atoms. The molecule has 0 aromatic carbocycles. The molecule has 2 N–H and O–H groups in total. The number of carboxylic acids is 1. The summed E-state index contributed by atoms with van der Waals surface area (Å²) in [6.07, 6.45) is 0.485. The molecule has 1 aliphatic rings. The SMILES string of the molecule is CCSC(=S)SC(C)(C#N)CCC(=O)NCCN1C(=O)CC(SCCC(=O)N(C)[C@@H](C)C(=O)O)C1=O. The molecule has 1 fully saturated rings. The quantitative estimate of drug-likeness (QED) is 0.231. The van der Waals surface area contributed by atoms with Crippen molar-refractivity contribution in [1.29, 1.82) is 5.26 Å². The van der Waals surface area contributed by atoms with Gasteiger partial charge in [-0.3, -0.25) is 24.1 Å². The van der Waals surface area contributed by atoms with E-state index < -0.39 is 22.0 Å². The van der Waals surface area contributed by atoms with Crippen molar-refractivity contribution in [1.82, 2.24) is 15.1 Å². The minimum atomic E-state index is -1.11. The number of carbonyl (C=O) groups is 5. The first-order valence-corrected chi connectivity index (χ1v) is 14.6. The highest BCUT2D eigenvalue weighted by Crippen LogP contribution is 2.34. The summed E-state index contributed by atoms with van der Waals surface area (Å²) in [4.78, 5) is 62.5. The Balaban J connectivity index is 2.42. The van der Waals surface area contributed by atoms with E-state index in [4.69, 9.17) is 17.3 Å². The van der Waals surface area contributed by atoms with Crippen molar-refractivity contribution in [2.75, 3.05) is 31.6 Å². The lowest BCUT2D eigenvalue weighted by atomic mass is 10.1. The zero-order valence-electron chi connectivity index (χ0n) is 20.8. The Labute approximate surface area is 229 Å². The summed E-state index contributed by atoms with van der Waals surface area (Å²) in [5.74, 6) is -1.37. The fraction of sp³-hybridized carbons (Fsp3) is 0.682. The van der Waals surface area contributed by atoms with Crippen LogP contribution in [0.4, 0.5) is 0 Å². The van der Waals surface area contributed by atoms with Crippen LogP contribution in [-0.4, -0.2) is 95.7 Å². The Morgan fingerprint density at radius 1 is 1.36 bits per heavy atom. The molecule has 36 heavy (non-hydrogen) atoms. The number of nitrogens with one attached hydrogen (secondary N) is 1. The molecule has 3 atom stereocenters. The molecule has 0 radical (unpaired) electrons. The van der Waals surface area contributed by atoms with Crippen LogP contribution in [0, 0.1) is 11.3 Å². The van der Waals surface area contributed by atoms with Crippen molar-refractivity contribution in [3.63, 3.8) is 0 Å². The van der Waals surface area contributed by atoms with E-state index in [0.717, 1.165) is 15.6 Å². The summed E-state index contributed by atoms with van der Waals surface area (Å²) in [5, 5.41) is 20.5. The highest BCUT2D eigenvalue weighted by atomic mass is 32.2. The lowest BCUT2D eigenvalue weighted by Gasteiger charge is -2.21. The second kappa shape index (κ2) is 15.4. The van der Waals surface area contributed by atoms with Gasteiger partial charge in [0.05, 0.1) is 11.3 Å². The van der Waals surface area contributed by atoms with Crippen molar-refractivity contribution >= 4 is 80.6 Å². The standard InChI is InChI=1S/C22H32N4O6S4/c1-5-34-21(33)36-22(3,13-23)8-6-16(27)24-9-10-26-18(29)12-15(19(26)30)35-11-7-17(28)25(4)14(2)20(31)32/h14-15H,5-12H2,1-4H3,(H,24,27)(H,31,32)/t14-,15?,22?/m0/s1. The third-order valence-corrected chi connectivity index (χ3v) is 9.32. The van der Waals surface area contributed by atoms with Crippen LogP contribution < -0.4 is 5.32 Å². The van der Waals surface area contributed by atoms with Crippen molar-refractivity contribution in [2.45, 2.75) is 62.5 Å². The van der Waals surface area contributed by atoms with Gasteiger partial charge in [0.25, 0.3) is 0 Å². The number of rotatable bonds is 14. The molecule has 14 heteroatoms. The molecule has 2 unspecified atom stereocenters. The molecular formula is C22H32N4O6S4. The molecule has 4 amide bonds. The van der Waals surface area contributed by atoms with Crippen molar-refractivity contribution in [2.24, 2.45) is 0 Å². The van der Waals surface area contributed by atoms with Crippen LogP contribution in [0.25, 0.3) is 0 Å². The number of carbonyl (C=O) groups excluding carboxylic acids is 4. The van der Waals surface area contributed by atoms with E-state index in [1.165, 1.54) is 49.3 Å². The number of nitrogens with zero attached hydrogens (tertiary/aromatic N) is 3. The van der Waals surface area contributed by atoms with Gasteiger partial charge in [-0.15, -0.1) is 23.5 Å². The van der Waals surface area contributed by atoms with Gasteiger partial charge in [0.1, 0.15) is 14.3 Å². The van der Waals surface area contributed by atoms with Gasteiger partial charge in [0.2, 0.25) is 23.6 Å². The number of carboxylic acid groups (broad SMARTS) is 1. The third kappa shape index (κ3) is 10.3. The minimum Gasteiger partial charge on any atom is -0.480 e. The minimum absolute atomic E-state index is 0.0143. The summed E-state index contributed by atoms with van der Waals surface area (Å²) in [6.45, 7) is 5.26. The van der Waals surface area contributed by atoms with Crippen molar-refractivity contribution in [3.8, 4) is 6.07 Å². The number of likely N-dealkylation sites (tertiary alicyclic amines) is 1. The van der Waals surface area contributed by atoms with Crippen LogP contribution in [0.5, 0.6) is 0 Å². The molecule has 0 saturated carbocycles. The Kier molecular flexibility index (Phi) is 13.8.